The van der Waals surface area contributed by atoms with Gasteiger partial charge in [-0.25, -0.2) is 0 Å². The van der Waals surface area contributed by atoms with Crippen LogP contribution in [0.25, 0.3) is 0 Å². The first-order valence-corrected chi connectivity index (χ1v) is 5.11. The fourth-order valence-electron chi connectivity index (χ4n) is 3.01. The van der Waals surface area contributed by atoms with Crippen molar-refractivity contribution >= 4 is 5.78 Å². The average molecular weight is 166 g/mol. The number of ketones is 1. The van der Waals surface area contributed by atoms with Gasteiger partial charge in [0.1, 0.15) is 5.78 Å². The van der Waals surface area contributed by atoms with Crippen molar-refractivity contribution < 1.29 is 4.79 Å². The van der Waals surface area contributed by atoms with Crippen molar-refractivity contribution in [3.63, 3.8) is 0 Å². The minimum Gasteiger partial charge on any atom is -0.299 e. The number of hydrogen-bond acceptors (Lipinski definition) is 1. The fourth-order valence-corrected chi connectivity index (χ4v) is 3.01. The molecule has 0 aromatic carbocycles. The Labute approximate surface area is 74.5 Å². The van der Waals surface area contributed by atoms with Gasteiger partial charge in [0.15, 0.2) is 0 Å². The molecular formula is C11H18O. The third-order valence-corrected chi connectivity index (χ3v) is 4.28. The SMILES string of the molecule is CC[C@H]1C[C@H]2C[C@@H](C1=O)C2(C)C. The molecule has 3 aliphatic carbocycles. The van der Waals surface area contributed by atoms with Gasteiger partial charge in [-0.3, -0.25) is 4.79 Å². The van der Waals surface area contributed by atoms with Gasteiger partial charge in [-0.05, 0) is 30.6 Å². The fraction of sp³-hybridized carbons (Fsp3) is 0.909. The molecule has 0 amide bonds. The lowest BCUT2D eigenvalue weighted by atomic mass is 9.46. The van der Waals surface area contributed by atoms with E-state index in [0.717, 1.165) is 12.3 Å². The first-order chi connectivity index (χ1) is 5.57. The predicted molar refractivity (Wildman–Crippen MR) is 48.8 cm³/mol. The van der Waals surface area contributed by atoms with Crippen molar-refractivity contribution in [2.45, 2.75) is 40.0 Å². The largest absolute Gasteiger partial charge is 0.299 e. The summed E-state index contributed by atoms with van der Waals surface area (Å²) < 4.78 is 0. The Bertz CT molecular complexity index is 217. The van der Waals surface area contributed by atoms with Gasteiger partial charge in [-0.1, -0.05) is 20.8 Å². The lowest BCUT2D eigenvalue weighted by molar-refractivity contribution is -0.156. The summed E-state index contributed by atoms with van der Waals surface area (Å²) in [6.07, 6.45) is 3.41. The molecule has 3 atom stereocenters. The summed E-state index contributed by atoms with van der Waals surface area (Å²) in [4.78, 5) is 11.8. The zero-order valence-corrected chi connectivity index (χ0v) is 8.26. The highest BCUT2D eigenvalue weighted by atomic mass is 16.1. The lowest BCUT2D eigenvalue weighted by Crippen LogP contribution is -2.56. The normalized spacial score (nSPS) is 43.9. The minimum atomic E-state index is 0.336. The maximum Gasteiger partial charge on any atom is 0.139 e. The van der Waals surface area contributed by atoms with Crippen molar-refractivity contribution in [1.29, 1.82) is 0 Å². The summed E-state index contributed by atoms with van der Waals surface area (Å²) in [5.74, 6) is 2.21. The van der Waals surface area contributed by atoms with Gasteiger partial charge in [0, 0.05) is 11.8 Å². The van der Waals surface area contributed by atoms with Crippen LogP contribution in [-0.4, -0.2) is 5.78 Å². The van der Waals surface area contributed by atoms with Crippen LogP contribution >= 0.6 is 0 Å². The topological polar surface area (TPSA) is 17.1 Å². The Morgan fingerprint density at radius 2 is 2.08 bits per heavy atom. The number of fused-ring (bicyclic) bond motifs is 2. The number of hydrogen-bond donors (Lipinski definition) is 0. The highest BCUT2D eigenvalue weighted by Crippen LogP contribution is 2.59. The first kappa shape index (κ1) is 8.28. The van der Waals surface area contributed by atoms with E-state index in [1.54, 1.807) is 0 Å². The summed E-state index contributed by atoms with van der Waals surface area (Å²) in [5, 5.41) is 0. The number of carbonyl (C=O) groups excluding carboxylic acids is 1. The molecule has 0 saturated heterocycles. The summed E-state index contributed by atoms with van der Waals surface area (Å²) >= 11 is 0. The standard InChI is InChI=1S/C11H18O/c1-4-7-5-8-6-9(10(7)12)11(8,2)3/h7-9H,4-6H2,1-3H3/t7-,8-,9-/m0/s1. The highest BCUT2D eigenvalue weighted by Gasteiger charge is 2.56. The van der Waals surface area contributed by atoms with E-state index >= 15 is 0 Å². The average Bonchev–Trinajstić information content (AvgIpc) is 2.03. The molecule has 0 unspecified atom stereocenters. The van der Waals surface area contributed by atoms with Crippen molar-refractivity contribution in [1.82, 2.24) is 0 Å². The lowest BCUT2D eigenvalue weighted by Gasteiger charge is -2.57. The Morgan fingerprint density at radius 1 is 1.42 bits per heavy atom. The molecule has 1 heteroatoms. The quantitative estimate of drug-likeness (QED) is 0.585. The molecular weight excluding hydrogens is 148 g/mol. The van der Waals surface area contributed by atoms with E-state index < -0.39 is 0 Å². The maximum absolute atomic E-state index is 11.8. The first-order valence-electron chi connectivity index (χ1n) is 5.11. The molecule has 3 rings (SSSR count). The van der Waals surface area contributed by atoms with E-state index in [4.69, 9.17) is 0 Å². The second-order valence-corrected chi connectivity index (χ2v) is 5.05. The summed E-state index contributed by atoms with van der Waals surface area (Å²) in [7, 11) is 0. The molecule has 0 N–H and O–H groups in total. The zero-order chi connectivity index (χ0) is 8.93. The van der Waals surface area contributed by atoms with Crippen LogP contribution < -0.4 is 0 Å². The van der Waals surface area contributed by atoms with Crippen LogP contribution in [0, 0.1) is 23.2 Å². The Balaban J connectivity index is 2.17. The number of rotatable bonds is 1. The van der Waals surface area contributed by atoms with E-state index in [0.29, 0.717) is 23.0 Å². The summed E-state index contributed by atoms with van der Waals surface area (Å²) in [6.45, 7) is 6.66. The molecule has 0 aliphatic heterocycles. The second-order valence-electron chi connectivity index (χ2n) is 5.05. The van der Waals surface area contributed by atoms with Crippen LogP contribution in [0.4, 0.5) is 0 Å². The highest BCUT2D eigenvalue weighted by molar-refractivity contribution is 5.86. The number of Topliss-reactive ketones (excluding diaryl/α,β-unsaturated/α-hetero) is 1. The molecule has 1 nitrogen and oxygen atoms in total. The molecule has 3 saturated carbocycles. The smallest absolute Gasteiger partial charge is 0.139 e. The van der Waals surface area contributed by atoms with Gasteiger partial charge >= 0.3 is 0 Å². The Morgan fingerprint density at radius 3 is 2.50 bits per heavy atom. The van der Waals surface area contributed by atoms with Crippen molar-refractivity contribution in [2.24, 2.45) is 23.2 Å². The van der Waals surface area contributed by atoms with Crippen molar-refractivity contribution in [2.75, 3.05) is 0 Å². The van der Waals surface area contributed by atoms with Crippen LogP contribution in [0.1, 0.15) is 40.0 Å². The van der Waals surface area contributed by atoms with Crippen LogP contribution in [0.5, 0.6) is 0 Å². The van der Waals surface area contributed by atoms with E-state index in [2.05, 4.69) is 20.8 Å². The Hall–Kier alpha value is -0.330. The van der Waals surface area contributed by atoms with Gasteiger partial charge in [0.2, 0.25) is 0 Å². The van der Waals surface area contributed by atoms with Gasteiger partial charge in [0.05, 0.1) is 0 Å². The third kappa shape index (κ3) is 0.826. The van der Waals surface area contributed by atoms with E-state index in [1.165, 1.54) is 12.8 Å². The molecule has 0 aromatic heterocycles. The third-order valence-electron chi connectivity index (χ3n) is 4.28. The molecule has 0 aromatic rings. The predicted octanol–water partition coefficient (Wildman–Crippen LogP) is 2.65. The van der Waals surface area contributed by atoms with Gasteiger partial charge in [-0.2, -0.15) is 0 Å². The van der Waals surface area contributed by atoms with Gasteiger partial charge in [0.25, 0.3) is 0 Å². The molecule has 3 fully saturated rings. The molecule has 12 heavy (non-hydrogen) atoms. The molecule has 2 bridgehead atoms. The molecule has 3 aliphatic rings. The molecule has 68 valence electrons. The van der Waals surface area contributed by atoms with Crippen LogP contribution in [0.2, 0.25) is 0 Å². The van der Waals surface area contributed by atoms with Gasteiger partial charge < -0.3 is 0 Å². The zero-order valence-electron chi connectivity index (χ0n) is 8.26. The molecule has 0 radical (unpaired) electrons. The molecule has 0 heterocycles. The monoisotopic (exact) mass is 166 g/mol. The van der Waals surface area contributed by atoms with Crippen LogP contribution in [0.15, 0.2) is 0 Å². The number of carbonyl (C=O) groups is 1. The van der Waals surface area contributed by atoms with E-state index in [9.17, 15) is 4.79 Å². The van der Waals surface area contributed by atoms with E-state index in [1.807, 2.05) is 0 Å². The summed E-state index contributed by atoms with van der Waals surface area (Å²) in [5.41, 5.74) is 0.336. The Kier molecular flexibility index (Phi) is 1.61. The minimum absolute atomic E-state index is 0.336. The maximum atomic E-state index is 11.8. The summed E-state index contributed by atoms with van der Waals surface area (Å²) in [6, 6.07) is 0. The van der Waals surface area contributed by atoms with Crippen LogP contribution in [0.3, 0.4) is 0 Å². The van der Waals surface area contributed by atoms with Crippen LogP contribution in [-0.2, 0) is 4.79 Å². The second kappa shape index (κ2) is 2.34. The van der Waals surface area contributed by atoms with Gasteiger partial charge in [-0.15, -0.1) is 0 Å². The van der Waals surface area contributed by atoms with Crippen molar-refractivity contribution in [3.8, 4) is 0 Å². The van der Waals surface area contributed by atoms with Crippen molar-refractivity contribution in [3.05, 3.63) is 0 Å². The van der Waals surface area contributed by atoms with E-state index in [-0.39, 0.29) is 0 Å². The molecule has 0 spiro atoms.